The first kappa shape index (κ1) is 11.1. The molecular formula is C9H14O5. The van der Waals surface area contributed by atoms with E-state index in [0.29, 0.717) is 6.61 Å². The Morgan fingerprint density at radius 1 is 1.71 bits per heavy atom. The average molecular weight is 202 g/mol. The molecule has 5 nitrogen and oxygen atoms in total. The third-order valence-electron chi connectivity index (χ3n) is 2.24. The number of hydrogen-bond donors (Lipinski definition) is 0. The SMILES string of the molecule is CCOC1OCC(C)(C(=O)OC)C1=O. The van der Waals surface area contributed by atoms with Crippen LogP contribution in [0.1, 0.15) is 13.8 Å². The number of carbonyl (C=O) groups is 2. The normalized spacial score (nSPS) is 31.9. The zero-order valence-corrected chi connectivity index (χ0v) is 8.53. The summed E-state index contributed by atoms with van der Waals surface area (Å²) in [6.07, 6.45) is -0.927. The fourth-order valence-electron chi connectivity index (χ4n) is 1.31. The van der Waals surface area contributed by atoms with Gasteiger partial charge in [-0.05, 0) is 13.8 Å². The van der Waals surface area contributed by atoms with Crippen molar-refractivity contribution in [2.24, 2.45) is 5.41 Å². The highest BCUT2D eigenvalue weighted by Gasteiger charge is 2.52. The molecule has 0 aromatic carbocycles. The summed E-state index contributed by atoms with van der Waals surface area (Å²) in [6, 6.07) is 0. The number of esters is 1. The van der Waals surface area contributed by atoms with Gasteiger partial charge in [0.1, 0.15) is 0 Å². The van der Waals surface area contributed by atoms with Crippen molar-refractivity contribution in [1.82, 2.24) is 0 Å². The molecule has 0 saturated carbocycles. The summed E-state index contributed by atoms with van der Waals surface area (Å²) in [6.45, 7) is 3.64. The van der Waals surface area contributed by atoms with Gasteiger partial charge >= 0.3 is 5.97 Å². The summed E-state index contributed by atoms with van der Waals surface area (Å²) in [4.78, 5) is 23.0. The minimum atomic E-state index is -1.21. The Bertz CT molecular complexity index is 250. The largest absolute Gasteiger partial charge is 0.468 e. The monoisotopic (exact) mass is 202 g/mol. The Kier molecular flexibility index (Phi) is 3.23. The first-order valence-corrected chi connectivity index (χ1v) is 4.42. The van der Waals surface area contributed by atoms with Crippen LogP contribution in [0.4, 0.5) is 0 Å². The Morgan fingerprint density at radius 3 is 2.86 bits per heavy atom. The standard InChI is InChI=1S/C9H14O5/c1-4-13-7-6(10)9(2,5-14-7)8(11)12-3/h7H,4-5H2,1-3H3. The van der Waals surface area contributed by atoms with Crippen LogP contribution < -0.4 is 0 Å². The number of carbonyl (C=O) groups excluding carboxylic acids is 2. The van der Waals surface area contributed by atoms with Gasteiger partial charge in [0.05, 0.1) is 13.7 Å². The van der Waals surface area contributed by atoms with Crippen LogP contribution in [0.15, 0.2) is 0 Å². The predicted molar refractivity (Wildman–Crippen MR) is 46.5 cm³/mol. The molecule has 0 aliphatic carbocycles. The van der Waals surface area contributed by atoms with Crippen LogP contribution in [-0.4, -0.2) is 38.4 Å². The number of rotatable bonds is 3. The smallest absolute Gasteiger partial charge is 0.321 e. The Hall–Kier alpha value is -0.940. The molecule has 5 heteroatoms. The number of methoxy groups -OCH3 is 1. The number of hydrogen-bond acceptors (Lipinski definition) is 5. The average Bonchev–Trinajstić information content (AvgIpc) is 2.47. The van der Waals surface area contributed by atoms with Crippen LogP contribution in [0, 0.1) is 5.41 Å². The molecule has 1 aliphatic rings. The van der Waals surface area contributed by atoms with Crippen LogP contribution in [-0.2, 0) is 23.8 Å². The highest BCUT2D eigenvalue weighted by atomic mass is 16.7. The van der Waals surface area contributed by atoms with Gasteiger partial charge in [0, 0.05) is 6.61 Å². The first-order chi connectivity index (χ1) is 6.56. The van der Waals surface area contributed by atoms with Crippen LogP contribution in [0.5, 0.6) is 0 Å². The van der Waals surface area contributed by atoms with Crippen LogP contribution in [0.3, 0.4) is 0 Å². The molecule has 0 N–H and O–H groups in total. The van der Waals surface area contributed by atoms with Gasteiger partial charge < -0.3 is 14.2 Å². The van der Waals surface area contributed by atoms with E-state index in [1.807, 2.05) is 0 Å². The van der Waals surface area contributed by atoms with Crippen molar-refractivity contribution in [1.29, 1.82) is 0 Å². The molecule has 1 heterocycles. The van der Waals surface area contributed by atoms with Crippen LogP contribution >= 0.6 is 0 Å². The fourth-order valence-corrected chi connectivity index (χ4v) is 1.31. The Balaban J connectivity index is 2.75. The van der Waals surface area contributed by atoms with E-state index in [4.69, 9.17) is 9.47 Å². The zero-order chi connectivity index (χ0) is 10.8. The fraction of sp³-hybridized carbons (Fsp3) is 0.778. The number of ether oxygens (including phenoxy) is 3. The second-order valence-electron chi connectivity index (χ2n) is 3.29. The van der Waals surface area contributed by atoms with Crippen molar-refractivity contribution in [3.8, 4) is 0 Å². The molecule has 1 fully saturated rings. The van der Waals surface area contributed by atoms with E-state index in [-0.39, 0.29) is 12.4 Å². The molecular weight excluding hydrogens is 188 g/mol. The first-order valence-electron chi connectivity index (χ1n) is 4.42. The molecule has 0 aromatic heterocycles. The van der Waals surface area contributed by atoms with E-state index >= 15 is 0 Å². The lowest BCUT2D eigenvalue weighted by atomic mass is 9.88. The van der Waals surface area contributed by atoms with E-state index in [2.05, 4.69) is 4.74 Å². The topological polar surface area (TPSA) is 61.8 Å². The van der Waals surface area contributed by atoms with Crippen molar-refractivity contribution in [2.75, 3.05) is 20.3 Å². The summed E-state index contributed by atoms with van der Waals surface area (Å²) in [5, 5.41) is 0. The summed E-state index contributed by atoms with van der Waals surface area (Å²) in [5.41, 5.74) is -1.21. The highest BCUT2D eigenvalue weighted by molar-refractivity contribution is 6.06. The van der Waals surface area contributed by atoms with Gasteiger partial charge in [-0.3, -0.25) is 9.59 Å². The second kappa shape index (κ2) is 4.06. The molecule has 1 rings (SSSR count). The van der Waals surface area contributed by atoms with Crippen molar-refractivity contribution in [3.63, 3.8) is 0 Å². The van der Waals surface area contributed by atoms with Gasteiger partial charge in [0.2, 0.25) is 12.1 Å². The van der Waals surface area contributed by atoms with Crippen molar-refractivity contribution < 1.29 is 23.8 Å². The molecule has 1 saturated heterocycles. The van der Waals surface area contributed by atoms with E-state index in [1.165, 1.54) is 14.0 Å². The third-order valence-corrected chi connectivity index (χ3v) is 2.24. The maximum absolute atomic E-state index is 11.7. The Morgan fingerprint density at radius 2 is 2.36 bits per heavy atom. The van der Waals surface area contributed by atoms with E-state index < -0.39 is 17.7 Å². The van der Waals surface area contributed by atoms with Gasteiger partial charge in [-0.2, -0.15) is 0 Å². The predicted octanol–water partition coefficient (Wildman–Crippen LogP) is 0.128. The lowest BCUT2D eigenvalue weighted by Crippen LogP contribution is -2.39. The molecule has 80 valence electrons. The minimum absolute atomic E-state index is 0.0170. The van der Waals surface area contributed by atoms with Gasteiger partial charge in [-0.1, -0.05) is 0 Å². The van der Waals surface area contributed by atoms with Crippen molar-refractivity contribution in [2.45, 2.75) is 20.1 Å². The molecule has 2 unspecified atom stereocenters. The van der Waals surface area contributed by atoms with Crippen molar-refractivity contribution >= 4 is 11.8 Å². The zero-order valence-electron chi connectivity index (χ0n) is 8.53. The Labute approximate surface area is 82.3 Å². The molecule has 0 aromatic rings. The van der Waals surface area contributed by atoms with Gasteiger partial charge in [0.15, 0.2) is 5.41 Å². The van der Waals surface area contributed by atoms with E-state index in [0.717, 1.165) is 0 Å². The quantitative estimate of drug-likeness (QED) is 0.480. The molecule has 0 radical (unpaired) electrons. The second-order valence-corrected chi connectivity index (χ2v) is 3.29. The highest BCUT2D eigenvalue weighted by Crippen LogP contribution is 2.30. The summed E-state index contributed by atoms with van der Waals surface area (Å²) in [7, 11) is 1.24. The minimum Gasteiger partial charge on any atom is -0.468 e. The van der Waals surface area contributed by atoms with Gasteiger partial charge in [-0.25, -0.2) is 0 Å². The molecule has 0 spiro atoms. The summed E-state index contributed by atoms with van der Waals surface area (Å²) < 4.78 is 14.6. The van der Waals surface area contributed by atoms with E-state index in [1.54, 1.807) is 6.92 Å². The molecule has 14 heavy (non-hydrogen) atoms. The number of Topliss-reactive ketones (excluding diaryl/α,β-unsaturated/α-hetero) is 1. The molecule has 1 aliphatic heterocycles. The van der Waals surface area contributed by atoms with Crippen molar-refractivity contribution in [3.05, 3.63) is 0 Å². The summed E-state index contributed by atoms with van der Waals surface area (Å²) >= 11 is 0. The van der Waals surface area contributed by atoms with E-state index in [9.17, 15) is 9.59 Å². The molecule has 0 bridgehead atoms. The van der Waals surface area contributed by atoms with Gasteiger partial charge in [0.25, 0.3) is 0 Å². The lowest BCUT2D eigenvalue weighted by Gasteiger charge is -2.16. The van der Waals surface area contributed by atoms with Crippen LogP contribution in [0.2, 0.25) is 0 Å². The molecule has 0 amide bonds. The number of ketones is 1. The van der Waals surface area contributed by atoms with Crippen LogP contribution in [0.25, 0.3) is 0 Å². The maximum atomic E-state index is 11.7. The third kappa shape index (κ3) is 1.65. The maximum Gasteiger partial charge on any atom is 0.321 e. The molecule has 2 atom stereocenters. The lowest BCUT2D eigenvalue weighted by molar-refractivity contribution is -0.158. The van der Waals surface area contributed by atoms with Gasteiger partial charge in [-0.15, -0.1) is 0 Å². The summed E-state index contributed by atoms with van der Waals surface area (Å²) in [5.74, 6) is -0.948.